The van der Waals surface area contributed by atoms with E-state index in [2.05, 4.69) is 10.2 Å². The zero-order chi connectivity index (χ0) is 14.7. The molecule has 3 fully saturated rings. The van der Waals surface area contributed by atoms with Crippen LogP contribution in [-0.2, 0) is 4.79 Å². The highest BCUT2D eigenvalue weighted by atomic mass is 16.2. The summed E-state index contributed by atoms with van der Waals surface area (Å²) in [5, 5.41) is 3.26. The van der Waals surface area contributed by atoms with Crippen LogP contribution in [0.25, 0.3) is 0 Å². The molecule has 2 heterocycles. The number of hydrogen-bond donors (Lipinski definition) is 2. The van der Waals surface area contributed by atoms with Crippen molar-refractivity contribution in [1.29, 1.82) is 0 Å². The lowest BCUT2D eigenvalue weighted by Gasteiger charge is -2.33. The molecule has 4 heteroatoms. The van der Waals surface area contributed by atoms with E-state index < -0.39 is 0 Å². The van der Waals surface area contributed by atoms with Crippen molar-refractivity contribution in [3.63, 3.8) is 0 Å². The Kier molecular flexibility index (Phi) is 5.17. The van der Waals surface area contributed by atoms with Crippen LogP contribution < -0.4 is 11.1 Å². The van der Waals surface area contributed by atoms with Crippen LogP contribution in [0.3, 0.4) is 0 Å². The lowest BCUT2D eigenvalue weighted by atomic mass is 9.85. The van der Waals surface area contributed by atoms with Gasteiger partial charge in [-0.1, -0.05) is 38.5 Å². The Balaban J connectivity index is 1.46. The van der Waals surface area contributed by atoms with Gasteiger partial charge in [-0.25, -0.2) is 0 Å². The molecule has 3 rings (SSSR count). The smallest absolute Gasteiger partial charge is 0.237 e. The minimum Gasteiger partial charge on any atom is -0.350 e. The van der Waals surface area contributed by atoms with E-state index in [4.69, 9.17) is 5.73 Å². The van der Waals surface area contributed by atoms with Gasteiger partial charge in [-0.05, 0) is 38.1 Å². The molecule has 120 valence electrons. The summed E-state index contributed by atoms with van der Waals surface area (Å²) in [6, 6.07) is 0.616. The number of fused-ring (bicyclic) bond motifs is 1. The van der Waals surface area contributed by atoms with E-state index >= 15 is 0 Å². The summed E-state index contributed by atoms with van der Waals surface area (Å²) in [6.07, 6.45) is 12.4. The zero-order valence-electron chi connectivity index (χ0n) is 13.2. The summed E-state index contributed by atoms with van der Waals surface area (Å²) >= 11 is 0. The highest BCUT2D eigenvalue weighted by Crippen LogP contribution is 2.28. The van der Waals surface area contributed by atoms with Crippen LogP contribution >= 0.6 is 0 Å². The van der Waals surface area contributed by atoms with E-state index in [1.165, 1.54) is 57.9 Å². The van der Waals surface area contributed by atoms with E-state index in [9.17, 15) is 4.79 Å². The SMILES string of the molecule is NC(CC1CCCCC1)C(=O)NC1CCN2CCCCC12. The van der Waals surface area contributed by atoms with E-state index in [0.717, 1.165) is 19.4 Å². The maximum Gasteiger partial charge on any atom is 0.237 e. The molecule has 3 N–H and O–H groups in total. The third-order valence-electron chi connectivity index (χ3n) is 5.83. The fourth-order valence-electron chi connectivity index (χ4n) is 4.59. The molecule has 2 aliphatic heterocycles. The molecular weight excluding hydrogens is 262 g/mol. The number of nitrogens with one attached hydrogen (secondary N) is 1. The van der Waals surface area contributed by atoms with Crippen LogP contribution in [0.2, 0.25) is 0 Å². The van der Waals surface area contributed by atoms with Gasteiger partial charge in [0.25, 0.3) is 0 Å². The van der Waals surface area contributed by atoms with Crippen molar-refractivity contribution in [2.24, 2.45) is 11.7 Å². The van der Waals surface area contributed by atoms with Crippen molar-refractivity contribution in [3.8, 4) is 0 Å². The first-order valence-corrected chi connectivity index (χ1v) is 9.04. The number of hydrogen-bond acceptors (Lipinski definition) is 3. The highest BCUT2D eigenvalue weighted by Gasteiger charge is 2.36. The Hall–Kier alpha value is -0.610. The Bertz CT molecular complexity index is 354. The van der Waals surface area contributed by atoms with E-state index in [0.29, 0.717) is 18.0 Å². The second kappa shape index (κ2) is 7.10. The number of carbonyl (C=O) groups is 1. The quantitative estimate of drug-likeness (QED) is 0.834. The van der Waals surface area contributed by atoms with Crippen molar-refractivity contribution < 1.29 is 4.79 Å². The third kappa shape index (κ3) is 3.78. The van der Waals surface area contributed by atoms with Gasteiger partial charge in [-0.3, -0.25) is 9.69 Å². The molecule has 0 aromatic carbocycles. The fraction of sp³-hybridized carbons (Fsp3) is 0.941. The summed E-state index contributed by atoms with van der Waals surface area (Å²) in [7, 11) is 0. The van der Waals surface area contributed by atoms with Gasteiger partial charge in [0.05, 0.1) is 6.04 Å². The number of carbonyl (C=O) groups excluding carboxylic acids is 1. The maximum atomic E-state index is 12.4. The van der Waals surface area contributed by atoms with Crippen LogP contribution in [0.1, 0.15) is 64.2 Å². The zero-order valence-corrected chi connectivity index (χ0v) is 13.2. The number of amides is 1. The molecule has 0 aromatic rings. The van der Waals surface area contributed by atoms with E-state index in [-0.39, 0.29) is 11.9 Å². The fourth-order valence-corrected chi connectivity index (χ4v) is 4.59. The van der Waals surface area contributed by atoms with Crippen LogP contribution in [0.15, 0.2) is 0 Å². The summed E-state index contributed by atoms with van der Waals surface area (Å²) in [4.78, 5) is 14.9. The Labute approximate surface area is 128 Å². The van der Waals surface area contributed by atoms with Gasteiger partial charge in [0.1, 0.15) is 0 Å². The Morgan fingerprint density at radius 3 is 2.62 bits per heavy atom. The standard InChI is InChI=1S/C17H31N3O/c18-14(12-13-6-2-1-3-7-13)17(21)19-15-9-11-20-10-5-4-8-16(15)20/h13-16H,1-12,18H2,(H,19,21). The molecular formula is C17H31N3O. The number of nitrogens with two attached hydrogens (primary N) is 1. The normalized spacial score (nSPS) is 32.6. The van der Waals surface area contributed by atoms with Crippen molar-refractivity contribution >= 4 is 5.91 Å². The van der Waals surface area contributed by atoms with Gasteiger partial charge >= 0.3 is 0 Å². The van der Waals surface area contributed by atoms with Crippen LogP contribution in [0.4, 0.5) is 0 Å². The highest BCUT2D eigenvalue weighted by molar-refractivity contribution is 5.81. The second-order valence-corrected chi connectivity index (χ2v) is 7.35. The van der Waals surface area contributed by atoms with Crippen molar-refractivity contribution in [1.82, 2.24) is 10.2 Å². The molecule has 21 heavy (non-hydrogen) atoms. The molecule has 3 aliphatic rings. The number of nitrogens with zero attached hydrogens (tertiary/aromatic N) is 1. The van der Waals surface area contributed by atoms with Gasteiger partial charge in [0.2, 0.25) is 5.91 Å². The first kappa shape index (κ1) is 15.3. The molecule has 0 spiro atoms. The number of rotatable bonds is 4. The minimum absolute atomic E-state index is 0.0954. The van der Waals surface area contributed by atoms with Crippen molar-refractivity contribution in [2.75, 3.05) is 13.1 Å². The summed E-state index contributed by atoms with van der Waals surface area (Å²) in [6.45, 7) is 2.36. The average molecular weight is 293 g/mol. The predicted molar refractivity (Wildman–Crippen MR) is 84.9 cm³/mol. The largest absolute Gasteiger partial charge is 0.350 e. The van der Waals surface area contributed by atoms with Gasteiger partial charge in [0, 0.05) is 18.6 Å². The topological polar surface area (TPSA) is 58.4 Å². The lowest BCUT2D eigenvalue weighted by molar-refractivity contribution is -0.123. The Morgan fingerprint density at radius 2 is 1.81 bits per heavy atom. The van der Waals surface area contributed by atoms with Crippen LogP contribution in [0.5, 0.6) is 0 Å². The molecule has 0 aromatic heterocycles. The van der Waals surface area contributed by atoms with Gasteiger partial charge in [0.15, 0.2) is 0 Å². The second-order valence-electron chi connectivity index (χ2n) is 7.35. The monoisotopic (exact) mass is 293 g/mol. The minimum atomic E-state index is -0.300. The van der Waals surface area contributed by atoms with Gasteiger partial charge < -0.3 is 11.1 Å². The molecule has 0 radical (unpaired) electrons. The maximum absolute atomic E-state index is 12.4. The molecule has 3 unspecified atom stereocenters. The molecule has 0 bridgehead atoms. The first-order valence-electron chi connectivity index (χ1n) is 9.04. The van der Waals surface area contributed by atoms with Crippen LogP contribution in [-0.4, -0.2) is 42.0 Å². The molecule has 1 amide bonds. The first-order chi connectivity index (χ1) is 10.2. The van der Waals surface area contributed by atoms with E-state index in [1.54, 1.807) is 0 Å². The van der Waals surface area contributed by atoms with Crippen LogP contribution in [0, 0.1) is 5.92 Å². The van der Waals surface area contributed by atoms with E-state index in [1.807, 2.05) is 0 Å². The van der Waals surface area contributed by atoms with Gasteiger partial charge in [-0.15, -0.1) is 0 Å². The Morgan fingerprint density at radius 1 is 1.05 bits per heavy atom. The summed E-state index contributed by atoms with van der Waals surface area (Å²) in [5.41, 5.74) is 6.17. The molecule has 1 aliphatic carbocycles. The lowest BCUT2D eigenvalue weighted by Crippen LogP contribution is -2.51. The predicted octanol–water partition coefficient (Wildman–Crippen LogP) is 2.03. The third-order valence-corrected chi connectivity index (χ3v) is 5.83. The molecule has 1 saturated carbocycles. The van der Waals surface area contributed by atoms with Crippen molar-refractivity contribution in [2.45, 2.75) is 82.3 Å². The molecule has 2 saturated heterocycles. The summed E-state index contributed by atoms with van der Waals surface area (Å²) in [5.74, 6) is 0.771. The van der Waals surface area contributed by atoms with Gasteiger partial charge in [-0.2, -0.15) is 0 Å². The average Bonchev–Trinajstić information content (AvgIpc) is 2.91. The van der Waals surface area contributed by atoms with Crippen molar-refractivity contribution in [3.05, 3.63) is 0 Å². The molecule has 3 atom stereocenters. The number of piperidine rings is 1. The summed E-state index contributed by atoms with van der Waals surface area (Å²) < 4.78 is 0. The molecule has 4 nitrogen and oxygen atoms in total.